The van der Waals surface area contributed by atoms with Gasteiger partial charge in [-0.2, -0.15) is 5.10 Å². The predicted molar refractivity (Wildman–Crippen MR) is 39.2 cm³/mol. The van der Waals surface area contributed by atoms with Crippen LogP contribution in [0.15, 0.2) is 18.0 Å². The standard InChI is InChI=1S/C6H7N3O2/c1-5(9(10)11)4-6-2-3-7-8-6/h2-4H,1H3,(H,7,8)/b5-4+. The zero-order valence-corrected chi connectivity index (χ0v) is 5.94. The Morgan fingerprint density at radius 3 is 3.09 bits per heavy atom. The van der Waals surface area contributed by atoms with Crippen LogP contribution in [0.1, 0.15) is 12.6 Å². The highest BCUT2D eigenvalue weighted by molar-refractivity contribution is 5.44. The molecule has 5 nitrogen and oxygen atoms in total. The molecule has 0 atom stereocenters. The van der Waals surface area contributed by atoms with Gasteiger partial charge >= 0.3 is 0 Å². The van der Waals surface area contributed by atoms with Crippen molar-refractivity contribution in [3.8, 4) is 0 Å². The highest BCUT2D eigenvalue weighted by Crippen LogP contribution is 2.01. The Labute approximate surface area is 62.9 Å². The van der Waals surface area contributed by atoms with Gasteiger partial charge in [0.1, 0.15) is 0 Å². The summed E-state index contributed by atoms with van der Waals surface area (Å²) in [5.74, 6) is 0. The van der Waals surface area contributed by atoms with Gasteiger partial charge in [0, 0.05) is 19.2 Å². The summed E-state index contributed by atoms with van der Waals surface area (Å²) >= 11 is 0. The molecule has 58 valence electrons. The molecule has 0 aliphatic carbocycles. The monoisotopic (exact) mass is 153 g/mol. The number of H-pyrrole nitrogens is 1. The maximum Gasteiger partial charge on any atom is 0.245 e. The Hall–Kier alpha value is -1.65. The fourth-order valence-corrected chi connectivity index (χ4v) is 0.619. The minimum atomic E-state index is -0.450. The van der Waals surface area contributed by atoms with Crippen molar-refractivity contribution < 1.29 is 4.92 Å². The van der Waals surface area contributed by atoms with E-state index in [4.69, 9.17) is 0 Å². The van der Waals surface area contributed by atoms with Crippen molar-refractivity contribution in [2.45, 2.75) is 6.92 Å². The van der Waals surface area contributed by atoms with Gasteiger partial charge in [-0.05, 0) is 6.07 Å². The number of rotatable bonds is 2. The van der Waals surface area contributed by atoms with Gasteiger partial charge in [0.25, 0.3) is 0 Å². The number of aromatic nitrogens is 2. The van der Waals surface area contributed by atoms with E-state index in [0.29, 0.717) is 5.69 Å². The van der Waals surface area contributed by atoms with E-state index in [1.165, 1.54) is 13.0 Å². The Morgan fingerprint density at radius 1 is 1.91 bits per heavy atom. The number of aromatic amines is 1. The van der Waals surface area contributed by atoms with Crippen LogP contribution >= 0.6 is 0 Å². The van der Waals surface area contributed by atoms with Crippen LogP contribution in [0, 0.1) is 10.1 Å². The molecule has 0 bridgehead atoms. The van der Waals surface area contributed by atoms with Crippen LogP contribution in [-0.4, -0.2) is 15.1 Å². The smallest absolute Gasteiger partial charge is 0.245 e. The van der Waals surface area contributed by atoms with E-state index in [1.54, 1.807) is 12.3 Å². The molecule has 0 saturated heterocycles. The second-order valence-corrected chi connectivity index (χ2v) is 2.04. The molecular weight excluding hydrogens is 146 g/mol. The highest BCUT2D eigenvalue weighted by atomic mass is 16.6. The lowest BCUT2D eigenvalue weighted by Crippen LogP contribution is -1.92. The van der Waals surface area contributed by atoms with Gasteiger partial charge in [0.05, 0.1) is 10.6 Å². The lowest BCUT2D eigenvalue weighted by atomic mass is 10.3. The van der Waals surface area contributed by atoms with Crippen LogP contribution < -0.4 is 0 Å². The van der Waals surface area contributed by atoms with E-state index in [1.807, 2.05) is 0 Å². The van der Waals surface area contributed by atoms with E-state index in [9.17, 15) is 10.1 Å². The average molecular weight is 153 g/mol. The fraction of sp³-hybridized carbons (Fsp3) is 0.167. The van der Waals surface area contributed by atoms with Crippen LogP contribution in [0.5, 0.6) is 0 Å². The van der Waals surface area contributed by atoms with Crippen molar-refractivity contribution in [2.24, 2.45) is 0 Å². The molecule has 0 aromatic carbocycles. The molecule has 0 spiro atoms. The zero-order valence-electron chi connectivity index (χ0n) is 5.94. The van der Waals surface area contributed by atoms with Gasteiger partial charge < -0.3 is 0 Å². The number of hydrogen-bond acceptors (Lipinski definition) is 3. The normalized spacial score (nSPS) is 11.5. The molecule has 1 heterocycles. The summed E-state index contributed by atoms with van der Waals surface area (Å²) in [6.45, 7) is 1.43. The molecule has 5 heteroatoms. The average Bonchev–Trinajstić information content (AvgIpc) is 2.39. The van der Waals surface area contributed by atoms with Crippen molar-refractivity contribution in [1.82, 2.24) is 10.2 Å². The van der Waals surface area contributed by atoms with Crippen LogP contribution in [0.3, 0.4) is 0 Å². The van der Waals surface area contributed by atoms with E-state index in [2.05, 4.69) is 10.2 Å². The maximum atomic E-state index is 10.1. The van der Waals surface area contributed by atoms with Crippen molar-refractivity contribution in [1.29, 1.82) is 0 Å². The Morgan fingerprint density at radius 2 is 2.64 bits per heavy atom. The van der Waals surface area contributed by atoms with Gasteiger partial charge in [0.2, 0.25) is 5.70 Å². The second kappa shape index (κ2) is 2.96. The highest BCUT2D eigenvalue weighted by Gasteiger charge is 2.01. The quantitative estimate of drug-likeness (QED) is 0.509. The molecule has 0 amide bonds. The minimum Gasteiger partial charge on any atom is -0.285 e. The van der Waals surface area contributed by atoms with Gasteiger partial charge in [-0.1, -0.05) is 0 Å². The first kappa shape index (κ1) is 7.46. The van der Waals surface area contributed by atoms with Crippen molar-refractivity contribution >= 4 is 6.08 Å². The Balaban J connectivity index is 2.82. The molecule has 0 radical (unpaired) electrons. The van der Waals surface area contributed by atoms with Crippen molar-refractivity contribution in [2.75, 3.05) is 0 Å². The summed E-state index contributed by atoms with van der Waals surface area (Å²) in [5.41, 5.74) is 0.649. The predicted octanol–water partition coefficient (Wildman–Crippen LogP) is 1.05. The molecule has 11 heavy (non-hydrogen) atoms. The molecule has 0 aliphatic rings. The Kier molecular flexibility index (Phi) is 2.00. The third-order valence-electron chi connectivity index (χ3n) is 1.17. The minimum absolute atomic E-state index is 0.0806. The van der Waals surface area contributed by atoms with Crippen LogP contribution in [-0.2, 0) is 0 Å². The molecular formula is C6H7N3O2. The number of hydrogen-bond donors (Lipinski definition) is 1. The summed E-state index contributed by atoms with van der Waals surface area (Å²) in [7, 11) is 0. The lowest BCUT2D eigenvalue weighted by molar-refractivity contribution is -0.422. The first-order valence-corrected chi connectivity index (χ1v) is 3.02. The molecule has 1 N–H and O–H groups in total. The third kappa shape index (κ3) is 1.89. The molecule has 1 aromatic rings. The van der Waals surface area contributed by atoms with E-state index < -0.39 is 4.92 Å². The van der Waals surface area contributed by atoms with E-state index in [0.717, 1.165) is 0 Å². The summed E-state index contributed by atoms with van der Waals surface area (Å²) in [6, 6.07) is 1.66. The van der Waals surface area contributed by atoms with E-state index >= 15 is 0 Å². The zero-order chi connectivity index (χ0) is 8.27. The molecule has 0 unspecified atom stereocenters. The third-order valence-corrected chi connectivity index (χ3v) is 1.17. The largest absolute Gasteiger partial charge is 0.285 e. The fourth-order valence-electron chi connectivity index (χ4n) is 0.619. The summed E-state index contributed by atoms with van der Waals surface area (Å²) in [4.78, 5) is 9.68. The SMILES string of the molecule is C/C(=C\c1cc[nH]n1)[N+](=O)[O-]. The summed E-state index contributed by atoms with van der Waals surface area (Å²) in [5, 5.41) is 16.4. The molecule has 1 aromatic heterocycles. The van der Waals surface area contributed by atoms with Gasteiger partial charge in [-0.3, -0.25) is 15.2 Å². The number of nitro groups is 1. The lowest BCUT2D eigenvalue weighted by Gasteiger charge is -1.85. The topological polar surface area (TPSA) is 71.8 Å². The molecule has 0 saturated carbocycles. The second-order valence-electron chi connectivity index (χ2n) is 2.04. The first-order chi connectivity index (χ1) is 5.20. The Bertz CT molecular complexity index is 276. The van der Waals surface area contributed by atoms with Gasteiger partial charge in [-0.25, -0.2) is 0 Å². The number of nitrogens with one attached hydrogen (secondary N) is 1. The number of nitrogens with zero attached hydrogens (tertiary/aromatic N) is 2. The van der Waals surface area contributed by atoms with Gasteiger partial charge in [0.15, 0.2) is 0 Å². The summed E-state index contributed by atoms with van der Waals surface area (Å²) < 4.78 is 0. The van der Waals surface area contributed by atoms with E-state index in [-0.39, 0.29) is 5.70 Å². The summed E-state index contributed by atoms with van der Waals surface area (Å²) in [6.07, 6.45) is 3.01. The molecule has 0 aliphatic heterocycles. The van der Waals surface area contributed by atoms with Crippen molar-refractivity contribution in [3.63, 3.8) is 0 Å². The van der Waals surface area contributed by atoms with Crippen LogP contribution in [0.25, 0.3) is 6.08 Å². The van der Waals surface area contributed by atoms with Crippen LogP contribution in [0.4, 0.5) is 0 Å². The van der Waals surface area contributed by atoms with Gasteiger partial charge in [-0.15, -0.1) is 0 Å². The maximum absolute atomic E-state index is 10.1. The molecule has 0 fully saturated rings. The number of allylic oxidation sites excluding steroid dienone is 1. The van der Waals surface area contributed by atoms with Crippen molar-refractivity contribution in [3.05, 3.63) is 33.8 Å². The molecule has 1 rings (SSSR count). The first-order valence-electron chi connectivity index (χ1n) is 3.02. The van der Waals surface area contributed by atoms with Crippen LogP contribution in [0.2, 0.25) is 0 Å².